The number of hydrogen-bond acceptors (Lipinski definition) is 4. The Labute approximate surface area is 202 Å². The van der Waals surface area contributed by atoms with Gasteiger partial charge in [-0.05, 0) is 61.2 Å². The number of para-hydroxylation sites is 2. The predicted octanol–water partition coefficient (Wildman–Crippen LogP) is 5.43. The van der Waals surface area contributed by atoms with E-state index in [2.05, 4.69) is 4.98 Å². The molecular formula is C29H24N2O4. The van der Waals surface area contributed by atoms with Crippen molar-refractivity contribution in [3.05, 3.63) is 101 Å². The molecule has 3 aromatic carbocycles. The Morgan fingerprint density at radius 2 is 1.86 bits per heavy atom. The summed E-state index contributed by atoms with van der Waals surface area (Å²) in [6.45, 7) is 2.57. The number of aliphatic hydroxyl groups is 1. The molecule has 4 aromatic rings. The second kappa shape index (κ2) is 8.17. The lowest BCUT2D eigenvalue weighted by Crippen LogP contribution is -2.30. The summed E-state index contributed by atoms with van der Waals surface area (Å²) in [5.41, 5.74) is 4.72. The van der Waals surface area contributed by atoms with Crippen LogP contribution < -0.4 is 9.64 Å². The lowest BCUT2D eigenvalue weighted by atomic mass is 9.93. The third-order valence-electron chi connectivity index (χ3n) is 6.92. The standard InChI is InChI=1S/C29H24N2O4/c1-17-7-2-5-11-23(17)31-26(21-16-30-22-10-4-3-9-20(21)22)25(28(33)29(31)34)27(32)19-12-13-24-18(15-19)8-6-14-35-24/h2-5,7,9-13,15-16,26,30,32H,6,8,14H2,1H3/b27-25+. The lowest BCUT2D eigenvalue weighted by Gasteiger charge is -2.26. The number of amides is 1. The first kappa shape index (κ1) is 21.2. The number of ketones is 1. The van der Waals surface area contributed by atoms with Gasteiger partial charge in [-0.1, -0.05) is 36.4 Å². The second-order valence-corrected chi connectivity index (χ2v) is 9.02. The molecule has 1 amide bonds. The van der Waals surface area contributed by atoms with Crippen molar-refractivity contribution in [3.8, 4) is 5.75 Å². The van der Waals surface area contributed by atoms with E-state index in [4.69, 9.17) is 4.74 Å². The third kappa shape index (κ3) is 3.33. The van der Waals surface area contributed by atoms with Crippen LogP contribution in [-0.2, 0) is 16.0 Å². The van der Waals surface area contributed by atoms with Crippen molar-refractivity contribution in [2.45, 2.75) is 25.8 Å². The van der Waals surface area contributed by atoms with Gasteiger partial charge in [0.25, 0.3) is 11.7 Å². The highest BCUT2D eigenvalue weighted by Crippen LogP contribution is 2.45. The zero-order valence-corrected chi connectivity index (χ0v) is 19.2. The highest BCUT2D eigenvalue weighted by atomic mass is 16.5. The number of carbonyl (C=O) groups is 2. The molecule has 0 aliphatic carbocycles. The summed E-state index contributed by atoms with van der Waals surface area (Å²) in [5, 5.41) is 12.4. The Hall–Kier alpha value is -4.32. The number of fused-ring (bicyclic) bond motifs is 2. The van der Waals surface area contributed by atoms with Gasteiger partial charge in [-0.25, -0.2) is 0 Å². The molecule has 2 aliphatic rings. The minimum Gasteiger partial charge on any atom is -0.507 e. The first-order valence-corrected chi connectivity index (χ1v) is 11.7. The third-order valence-corrected chi connectivity index (χ3v) is 6.92. The molecule has 174 valence electrons. The monoisotopic (exact) mass is 464 g/mol. The van der Waals surface area contributed by atoms with Gasteiger partial charge < -0.3 is 14.8 Å². The van der Waals surface area contributed by atoms with Crippen LogP contribution in [0.25, 0.3) is 16.7 Å². The quantitative estimate of drug-likeness (QED) is 0.241. The number of nitrogens with zero attached hydrogens (tertiary/aromatic N) is 1. The summed E-state index contributed by atoms with van der Waals surface area (Å²) >= 11 is 0. The van der Waals surface area contributed by atoms with Crippen LogP contribution in [0.4, 0.5) is 5.69 Å². The van der Waals surface area contributed by atoms with E-state index in [-0.39, 0.29) is 11.3 Å². The summed E-state index contributed by atoms with van der Waals surface area (Å²) in [5.74, 6) is -0.739. The van der Waals surface area contributed by atoms with Gasteiger partial charge in [-0.2, -0.15) is 0 Å². The van der Waals surface area contributed by atoms with Crippen LogP contribution in [0.15, 0.2) is 78.5 Å². The van der Waals surface area contributed by atoms with Crippen LogP contribution in [0.2, 0.25) is 0 Å². The molecule has 2 aliphatic heterocycles. The molecule has 1 unspecified atom stereocenters. The first-order chi connectivity index (χ1) is 17.0. The fourth-order valence-corrected chi connectivity index (χ4v) is 5.19. The van der Waals surface area contributed by atoms with Gasteiger partial charge in [0.1, 0.15) is 11.5 Å². The molecule has 1 atom stereocenters. The number of aliphatic hydroxyl groups excluding tert-OH is 1. The van der Waals surface area contributed by atoms with Gasteiger partial charge in [-0.3, -0.25) is 14.5 Å². The average molecular weight is 465 g/mol. The number of carbonyl (C=O) groups excluding carboxylic acids is 2. The van der Waals surface area contributed by atoms with E-state index >= 15 is 0 Å². The molecule has 0 bridgehead atoms. The number of rotatable bonds is 3. The van der Waals surface area contributed by atoms with E-state index in [1.165, 1.54) is 4.90 Å². The molecule has 1 aromatic heterocycles. The molecule has 6 rings (SSSR count). The van der Waals surface area contributed by atoms with Crippen molar-refractivity contribution >= 4 is 34.0 Å². The number of aromatic amines is 1. The first-order valence-electron chi connectivity index (χ1n) is 11.7. The van der Waals surface area contributed by atoms with Crippen molar-refractivity contribution in [1.82, 2.24) is 4.98 Å². The fraction of sp³-hybridized carbons (Fsp3) is 0.172. The van der Waals surface area contributed by atoms with E-state index in [0.29, 0.717) is 17.9 Å². The molecule has 6 nitrogen and oxygen atoms in total. The number of H-pyrrole nitrogens is 1. The van der Waals surface area contributed by atoms with E-state index < -0.39 is 17.7 Å². The molecule has 0 spiro atoms. The van der Waals surface area contributed by atoms with E-state index in [1.807, 2.05) is 73.8 Å². The van der Waals surface area contributed by atoms with E-state index in [0.717, 1.165) is 46.2 Å². The van der Waals surface area contributed by atoms with Gasteiger partial charge in [0, 0.05) is 33.9 Å². The number of aromatic nitrogens is 1. The lowest BCUT2D eigenvalue weighted by molar-refractivity contribution is -0.132. The smallest absolute Gasteiger partial charge is 0.300 e. The van der Waals surface area contributed by atoms with Gasteiger partial charge in [0.15, 0.2) is 0 Å². The highest BCUT2D eigenvalue weighted by Gasteiger charge is 2.48. The van der Waals surface area contributed by atoms with Crippen LogP contribution in [-0.4, -0.2) is 28.4 Å². The SMILES string of the molecule is Cc1ccccc1N1C(=O)C(=O)/C(=C(/O)c2ccc3c(c2)CCCO3)C1c1c[nH]c2ccccc12. The number of benzene rings is 3. The largest absolute Gasteiger partial charge is 0.507 e. The summed E-state index contributed by atoms with van der Waals surface area (Å²) in [6, 6.07) is 19.9. The Morgan fingerprint density at radius 1 is 1.06 bits per heavy atom. The van der Waals surface area contributed by atoms with Crippen molar-refractivity contribution in [2.24, 2.45) is 0 Å². The molecule has 6 heteroatoms. The van der Waals surface area contributed by atoms with Crippen LogP contribution in [0.1, 0.15) is 34.7 Å². The number of ether oxygens (including phenoxy) is 1. The Balaban J connectivity index is 1.59. The average Bonchev–Trinajstić information content (AvgIpc) is 3.42. The topological polar surface area (TPSA) is 82.6 Å². The van der Waals surface area contributed by atoms with Gasteiger partial charge in [-0.15, -0.1) is 0 Å². The summed E-state index contributed by atoms with van der Waals surface area (Å²) in [4.78, 5) is 31.7. The molecule has 0 radical (unpaired) electrons. The number of aryl methyl sites for hydroxylation is 2. The second-order valence-electron chi connectivity index (χ2n) is 9.02. The zero-order valence-electron chi connectivity index (χ0n) is 19.2. The van der Waals surface area contributed by atoms with Gasteiger partial charge in [0.05, 0.1) is 18.2 Å². The van der Waals surface area contributed by atoms with Gasteiger partial charge >= 0.3 is 0 Å². The number of Topliss-reactive ketones (excluding diaryl/α,β-unsaturated/α-hetero) is 1. The normalized spacial score (nSPS) is 19.1. The van der Waals surface area contributed by atoms with Crippen molar-refractivity contribution in [1.29, 1.82) is 0 Å². The highest BCUT2D eigenvalue weighted by molar-refractivity contribution is 6.52. The number of nitrogens with one attached hydrogen (secondary N) is 1. The minimum absolute atomic E-state index is 0.0830. The predicted molar refractivity (Wildman–Crippen MR) is 135 cm³/mol. The Morgan fingerprint density at radius 3 is 2.71 bits per heavy atom. The molecule has 1 saturated heterocycles. The van der Waals surface area contributed by atoms with Gasteiger partial charge in [0.2, 0.25) is 0 Å². The van der Waals surface area contributed by atoms with Crippen LogP contribution in [0.3, 0.4) is 0 Å². The zero-order chi connectivity index (χ0) is 24.1. The van der Waals surface area contributed by atoms with E-state index in [1.54, 1.807) is 6.07 Å². The molecule has 3 heterocycles. The number of hydrogen-bond donors (Lipinski definition) is 2. The van der Waals surface area contributed by atoms with E-state index in [9.17, 15) is 14.7 Å². The maximum atomic E-state index is 13.5. The Kier molecular flexibility index (Phi) is 4.95. The maximum Gasteiger partial charge on any atom is 0.300 e. The Bertz CT molecular complexity index is 1530. The molecule has 1 fully saturated rings. The minimum atomic E-state index is -0.778. The van der Waals surface area contributed by atoms with Crippen molar-refractivity contribution in [3.63, 3.8) is 0 Å². The van der Waals surface area contributed by atoms with Crippen LogP contribution in [0, 0.1) is 6.92 Å². The van der Waals surface area contributed by atoms with Crippen molar-refractivity contribution in [2.75, 3.05) is 11.5 Å². The number of anilines is 1. The van der Waals surface area contributed by atoms with Crippen LogP contribution >= 0.6 is 0 Å². The summed E-state index contributed by atoms with van der Waals surface area (Å²) < 4.78 is 5.71. The molecular weight excluding hydrogens is 440 g/mol. The molecule has 2 N–H and O–H groups in total. The molecule has 0 saturated carbocycles. The maximum absolute atomic E-state index is 13.5. The summed E-state index contributed by atoms with van der Waals surface area (Å²) in [7, 11) is 0. The fourth-order valence-electron chi connectivity index (χ4n) is 5.19. The van der Waals surface area contributed by atoms with Crippen LogP contribution in [0.5, 0.6) is 5.75 Å². The molecule has 35 heavy (non-hydrogen) atoms. The summed E-state index contributed by atoms with van der Waals surface area (Å²) in [6.07, 6.45) is 3.55. The van der Waals surface area contributed by atoms with Crippen molar-refractivity contribution < 1.29 is 19.4 Å².